The molecule has 0 aliphatic carbocycles. The van der Waals surface area contributed by atoms with Gasteiger partial charge >= 0.3 is 0 Å². The van der Waals surface area contributed by atoms with Crippen LogP contribution < -0.4 is 9.62 Å². The summed E-state index contributed by atoms with van der Waals surface area (Å²) in [7, 11) is -7.44. The van der Waals surface area contributed by atoms with Crippen molar-refractivity contribution < 1.29 is 16.8 Å². The Labute approximate surface area is 166 Å². The van der Waals surface area contributed by atoms with Gasteiger partial charge in [-0.25, -0.2) is 21.6 Å². The molecule has 0 spiro atoms. The first-order valence-electron chi connectivity index (χ1n) is 8.44. The van der Waals surface area contributed by atoms with Crippen molar-refractivity contribution >= 4 is 37.1 Å². The molecule has 0 aliphatic heterocycles. The zero-order chi connectivity index (χ0) is 20.1. The summed E-state index contributed by atoms with van der Waals surface area (Å²) in [5.41, 5.74) is 1.08. The van der Waals surface area contributed by atoms with E-state index in [1.54, 1.807) is 0 Å². The van der Waals surface area contributed by atoms with Crippen molar-refractivity contribution in [1.82, 2.24) is 4.72 Å². The number of rotatable bonds is 9. The Balaban J connectivity index is 2.03. The van der Waals surface area contributed by atoms with Gasteiger partial charge in [-0.15, -0.1) is 0 Å². The molecule has 0 radical (unpaired) electrons. The predicted molar refractivity (Wildman–Crippen MR) is 109 cm³/mol. The van der Waals surface area contributed by atoms with Crippen molar-refractivity contribution in [3.05, 3.63) is 53.6 Å². The van der Waals surface area contributed by atoms with E-state index < -0.39 is 19.9 Å². The fourth-order valence-corrected chi connectivity index (χ4v) is 4.90. The fraction of sp³-hybridized carbons (Fsp3) is 0.333. The number of halogens is 1. The van der Waals surface area contributed by atoms with E-state index in [4.69, 9.17) is 11.6 Å². The van der Waals surface area contributed by atoms with Crippen LogP contribution in [0.15, 0.2) is 58.3 Å². The Kier molecular flexibility index (Phi) is 7.27. The summed E-state index contributed by atoms with van der Waals surface area (Å²) >= 11 is 5.97. The molecule has 0 unspecified atom stereocenters. The molecule has 6 nitrogen and oxygen atoms in total. The highest BCUT2D eigenvalue weighted by Crippen LogP contribution is 2.24. The predicted octanol–water partition coefficient (Wildman–Crippen LogP) is 2.94. The normalized spacial score (nSPS) is 12.1. The molecular weight excluding hydrogens is 408 g/mol. The molecule has 0 bridgehead atoms. The molecule has 0 atom stereocenters. The molecule has 0 saturated carbocycles. The van der Waals surface area contributed by atoms with E-state index in [0.29, 0.717) is 13.0 Å². The summed E-state index contributed by atoms with van der Waals surface area (Å²) in [5, 5.41) is -0.0191. The Morgan fingerprint density at radius 2 is 1.70 bits per heavy atom. The highest BCUT2D eigenvalue weighted by atomic mass is 35.5. The topological polar surface area (TPSA) is 83.6 Å². The van der Waals surface area contributed by atoms with Crippen molar-refractivity contribution in [3.8, 4) is 0 Å². The van der Waals surface area contributed by atoms with Gasteiger partial charge in [-0.1, -0.05) is 29.8 Å². The van der Waals surface area contributed by atoms with Crippen LogP contribution in [0.2, 0.25) is 5.02 Å². The lowest BCUT2D eigenvalue weighted by Gasteiger charge is -2.23. The molecule has 0 heterocycles. The van der Waals surface area contributed by atoms with Crippen molar-refractivity contribution in [2.45, 2.75) is 23.1 Å². The average molecular weight is 431 g/mol. The van der Waals surface area contributed by atoms with Crippen molar-refractivity contribution in [1.29, 1.82) is 0 Å². The Hall–Kier alpha value is -1.61. The van der Waals surface area contributed by atoms with Crippen LogP contribution in [0.25, 0.3) is 0 Å². The first-order chi connectivity index (χ1) is 12.6. The van der Waals surface area contributed by atoms with Crippen LogP contribution in [0, 0.1) is 0 Å². The van der Waals surface area contributed by atoms with Crippen LogP contribution in [0.4, 0.5) is 5.69 Å². The van der Waals surface area contributed by atoms with Crippen LogP contribution >= 0.6 is 11.6 Å². The summed E-state index contributed by atoms with van der Waals surface area (Å²) in [6, 6.07) is 13.5. The standard InChI is InChI=1S/C18H23ClN2O4S2/c1-3-21(15-8-5-4-6-9-15)13-7-12-20-27(24,25)18-14-16(26(2,22)23)10-11-17(18)19/h4-6,8-11,14,20H,3,7,12-13H2,1-2H3. The molecule has 0 amide bonds. The van der Waals surface area contributed by atoms with E-state index in [1.807, 2.05) is 37.3 Å². The number of sulfone groups is 1. The lowest BCUT2D eigenvalue weighted by atomic mass is 10.2. The van der Waals surface area contributed by atoms with Crippen LogP contribution in [0.3, 0.4) is 0 Å². The molecule has 27 heavy (non-hydrogen) atoms. The van der Waals surface area contributed by atoms with Crippen molar-refractivity contribution in [2.75, 3.05) is 30.8 Å². The number of anilines is 1. The lowest BCUT2D eigenvalue weighted by molar-refractivity contribution is 0.578. The van der Waals surface area contributed by atoms with E-state index in [1.165, 1.54) is 12.1 Å². The summed E-state index contributed by atoms with van der Waals surface area (Å²) in [6.45, 7) is 3.73. The average Bonchev–Trinajstić information content (AvgIpc) is 2.61. The quantitative estimate of drug-likeness (QED) is 0.618. The summed E-state index contributed by atoms with van der Waals surface area (Å²) in [6.07, 6.45) is 1.61. The number of hydrogen-bond donors (Lipinski definition) is 1. The zero-order valence-electron chi connectivity index (χ0n) is 15.2. The third kappa shape index (κ3) is 5.93. The fourth-order valence-electron chi connectivity index (χ4n) is 2.58. The number of para-hydroxylation sites is 1. The van der Waals surface area contributed by atoms with Gasteiger partial charge in [-0.3, -0.25) is 0 Å². The van der Waals surface area contributed by atoms with Gasteiger partial charge in [0.15, 0.2) is 9.84 Å². The van der Waals surface area contributed by atoms with Gasteiger partial charge in [-0.2, -0.15) is 0 Å². The number of nitrogens with one attached hydrogen (secondary N) is 1. The smallest absolute Gasteiger partial charge is 0.242 e. The SMILES string of the molecule is CCN(CCCNS(=O)(=O)c1cc(S(C)(=O)=O)ccc1Cl)c1ccccc1. The molecule has 9 heteroatoms. The number of sulfonamides is 1. The molecule has 2 aromatic rings. The monoisotopic (exact) mass is 430 g/mol. The number of nitrogens with zero attached hydrogens (tertiary/aromatic N) is 1. The second-order valence-corrected chi connectivity index (χ2v) is 10.2. The van der Waals surface area contributed by atoms with Gasteiger partial charge in [0.05, 0.1) is 9.92 Å². The van der Waals surface area contributed by atoms with Crippen LogP contribution in [-0.2, 0) is 19.9 Å². The minimum atomic E-state index is -3.91. The first-order valence-corrected chi connectivity index (χ1v) is 12.2. The Morgan fingerprint density at radius 3 is 2.30 bits per heavy atom. The maximum atomic E-state index is 12.5. The third-order valence-electron chi connectivity index (χ3n) is 4.02. The van der Waals surface area contributed by atoms with Gasteiger partial charge in [0.1, 0.15) is 4.90 Å². The zero-order valence-corrected chi connectivity index (χ0v) is 17.6. The van der Waals surface area contributed by atoms with E-state index in [2.05, 4.69) is 9.62 Å². The van der Waals surface area contributed by atoms with Gasteiger partial charge in [0.25, 0.3) is 0 Å². The highest BCUT2D eigenvalue weighted by Gasteiger charge is 2.20. The highest BCUT2D eigenvalue weighted by molar-refractivity contribution is 7.91. The van der Waals surface area contributed by atoms with E-state index in [9.17, 15) is 16.8 Å². The summed E-state index contributed by atoms with van der Waals surface area (Å²) in [5.74, 6) is 0. The second kappa shape index (κ2) is 9.05. The summed E-state index contributed by atoms with van der Waals surface area (Å²) < 4.78 is 50.8. The molecular formula is C18H23ClN2O4S2. The second-order valence-electron chi connectivity index (χ2n) is 6.03. The van der Waals surface area contributed by atoms with E-state index >= 15 is 0 Å². The molecule has 1 N–H and O–H groups in total. The largest absolute Gasteiger partial charge is 0.372 e. The molecule has 0 fully saturated rings. The van der Waals surface area contributed by atoms with Crippen LogP contribution in [-0.4, -0.2) is 42.7 Å². The summed E-state index contributed by atoms with van der Waals surface area (Å²) in [4.78, 5) is 1.82. The number of benzene rings is 2. The van der Waals surface area contributed by atoms with E-state index in [0.717, 1.165) is 24.6 Å². The molecule has 148 valence electrons. The molecule has 0 aromatic heterocycles. The minimum Gasteiger partial charge on any atom is -0.372 e. The van der Waals surface area contributed by atoms with Crippen LogP contribution in [0.1, 0.15) is 13.3 Å². The Morgan fingerprint density at radius 1 is 1.04 bits per heavy atom. The molecule has 2 aromatic carbocycles. The maximum absolute atomic E-state index is 12.5. The van der Waals surface area contributed by atoms with Crippen molar-refractivity contribution in [2.24, 2.45) is 0 Å². The minimum absolute atomic E-state index is 0.0191. The van der Waals surface area contributed by atoms with Crippen LogP contribution in [0.5, 0.6) is 0 Å². The molecule has 2 rings (SSSR count). The number of hydrogen-bond acceptors (Lipinski definition) is 5. The Bertz CT molecular complexity index is 978. The van der Waals surface area contributed by atoms with Gasteiger partial charge < -0.3 is 4.90 Å². The maximum Gasteiger partial charge on any atom is 0.242 e. The van der Waals surface area contributed by atoms with Gasteiger partial charge in [-0.05, 0) is 43.7 Å². The van der Waals surface area contributed by atoms with Crippen molar-refractivity contribution in [3.63, 3.8) is 0 Å². The van der Waals surface area contributed by atoms with Gasteiger partial charge in [0, 0.05) is 31.6 Å². The van der Waals surface area contributed by atoms with E-state index in [-0.39, 0.29) is 21.4 Å². The lowest BCUT2D eigenvalue weighted by Crippen LogP contribution is -2.30. The third-order valence-corrected chi connectivity index (χ3v) is 7.07. The molecule has 0 saturated heterocycles. The molecule has 0 aliphatic rings. The first kappa shape index (κ1) is 21.7. The van der Waals surface area contributed by atoms with Gasteiger partial charge in [0.2, 0.25) is 10.0 Å².